The minimum absolute atomic E-state index is 0.0197. The van der Waals surface area contributed by atoms with Crippen LogP contribution in [-0.2, 0) is 6.42 Å². The van der Waals surface area contributed by atoms with Crippen molar-refractivity contribution in [3.63, 3.8) is 0 Å². The van der Waals surface area contributed by atoms with Gasteiger partial charge in [0.25, 0.3) is 5.91 Å². The van der Waals surface area contributed by atoms with Crippen LogP contribution in [0, 0.1) is 5.92 Å². The zero-order valence-electron chi connectivity index (χ0n) is 12.2. The molecule has 1 amide bonds. The molecule has 1 heterocycles. The van der Waals surface area contributed by atoms with E-state index >= 15 is 0 Å². The van der Waals surface area contributed by atoms with Crippen molar-refractivity contribution in [3.05, 3.63) is 16.0 Å². The minimum Gasteiger partial charge on any atom is -0.390 e. The molecule has 0 saturated carbocycles. The van der Waals surface area contributed by atoms with Gasteiger partial charge in [-0.3, -0.25) is 4.79 Å². The van der Waals surface area contributed by atoms with Gasteiger partial charge in [0, 0.05) is 19.0 Å². The molecule has 4 heteroatoms. The third kappa shape index (κ3) is 3.05. The van der Waals surface area contributed by atoms with Gasteiger partial charge in [-0.25, -0.2) is 0 Å². The summed E-state index contributed by atoms with van der Waals surface area (Å²) in [5, 5.41) is 0.660. The molecular weight excluding hydrogens is 244 g/mol. The first-order valence-electron chi connectivity index (χ1n) is 6.38. The van der Waals surface area contributed by atoms with Crippen molar-refractivity contribution in [1.82, 2.24) is 4.90 Å². The highest BCUT2D eigenvalue weighted by molar-refractivity contribution is 7.16. The molecule has 18 heavy (non-hydrogen) atoms. The van der Waals surface area contributed by atoms with E-state index in [9.17, 15) is 4.79 Å². The van der Waals surface area contributed by atoms with Crippen molar-refractivity contribution in [2.45, 2.75) is 40.0 Å². The van der Waals surface area contributed by atoms with Crippen LogP contribution in [0.1, 0.15) is 54.4 Å². The number of amides is 1. The molecule has 0 saturated heterocycles. The first kappa shape index (κ1) is 15.0. The van der Waals surface area contributed by atoms with Crippen LogP contribution in [0.4, 0.5) is 5.00 Å². The topological polar surface area (TPSA) is 46.3 Å². The number of rotatable bonds is 4. The lowest BCUT2D eigenvalue weighted by atomic mass is 9.95. The second kappa shape index (κ2) is 5.74. The smallest absolute Gasteiger partial charge is 0.256 e. The molecule has 1 aromatic heterocycles. The second-order valence-corrected chi connectivity index (χ2v) is 6.72. The fraction of sp³-hybridized carbons (Fsp3) is 0.643. The standard InChI is InChI=1S/C14H24N2OS/c1-8(2)7-10-11(14(17)16(5)6)13(15)18-12(10)9(3)4/h8-9H,7,15H2,1-6H3. The molecule has 102 valence electrons. The van der Waals surface area contributed by atoms with Crippen LogP contribution in [0.25, 0.3) is 0 Å². The number of nitrogen functional groups attached to an aromatic ring is 1. The Balaban J connectivity index is 3.35. The maximum atomic E-state index is 12.3. The van der Waals surface area contributed by atoms with Crippen LogP contribution in [0.5, 0.6) is 0 Å². The molecule has 1 aromatic rings. The Morgan fingerprint density at radius 3 is 2.22 bits per heavy atom. The summed E-state index contributed by atoms with van der Waals surface area (Å²) in [4.78, 5) is 15.1. The number of hydrogen-bond acceptors (Lipinski definition) is 3. The Bertz CT molecular complexity index is 433. The average molecular weight is 268 g/mol. The molecule has 1 rings (SSSR count). The van der Waals surface area contributed by atoms with Gasteiger partial charge in [0.05, 0.1) is 10.6 Å². The van der Waals surface area contributed by atoms with Gasteiger partial charge in [-0.15, -0.1) is 11.3 Å². The quantitative estimate of drug-likeness (QED) is 0.910. The van der Waals surface area contributed by atoms with E-state index in [-0.39, 0.29) is 5.91 Å². The number of anilines is 1. The molecule has 0 atom stereocenters. The van der Waals surface area contributed by atoms with Gasteiger partial charge in [-0.05, 0) is 23.8 Å². The summed E-state index contributed by atoms with van der Waals surface area (Å²) in [5.41, 5.74) is 7.94. The number of carbonyl (C=O) groups excluding carboxylic acids is 1. The zero-order valence-corrected chi connectivity index (χ0v) is 13.0. The molecule has 0 radical (unpaired) electrons. The first-order valence-corrected chi connectivity index (χ1v) is 7.20. The number of nitrogens with zero attached hydrogens (tertiary/aromatic N) is 1. The maximum Gasteiger partial charge on any atom is 0.256 e. The minimum atomic E-state index is 0.0197. The Morgan fingerprint density at radius 1 is 1.28 bits per heavy atom. The van der Waals surface area contributed by atoms with Gasteiger partial charge in [0.15, 0.2) is 0 Å². The van der Waals surface area contributed by atoms with Crippen molar-refractivity contribution in [2.75, 3.05) is 19.8 Å². The summed E-state index contributed by atoms with van der Waals surface area (Å²) in [6, 6.07) is 0. The normalized spacial score (nSPS) is 11.3. The lowest BCUT2D eigenvalue weighted by molar-refractivity contribution is 0.0828. The van der Waals surface area contributed by atoms with Gasteiger partial charge in [-0.1, -0.05) is 27.7 Å². The van der Waals surface area contributed by atoms with Crippen LogP contribution >= 0.6 is 11.3 Å². The Hall–Kier alpha value is -1.03. The molecule has 0 fully saturated rings. The Kier molecular flexibility index (Phi) is 4.79. The molecule has 0 aliphatic carbocycles. The van der Waals surface area contributed by atoms with Crippen LogP contribution in [0.15, 0.2) is 0 Å². The van der Waals surface area contributed by atoms with Gasteiger partial charge in [0.1, 0.15) is 0 Å². The Labute approximate surface area is 114 Å². The molecule has 0 spiro atoms. The van der Waals surface area contributed by atoms with Gasteiger partial charge < -0.3 is 10.6 Å². The SMILES string of the molecule is CC(C)Cc1c(C(C)C)sc(N)c1C(=O)N(C)C. The molecule has 2 N–H and O–H groups in total. The van der Waals surface area contributed by atoms with E-state index in [0.29, 0.717) is 16.8 Å². The largest absolute Gasteiger partial charge is 0.390 e. The van der Waals surface area contributed by atoms with Crippen molar-refractivity contribution in [1.29, 1.82) is 0 Å². The predicted molar refractivity (Wildman–Crippen MR) is 79.4 cm³/mol. The second-order valence-electron chi connectivity index (χ2n) is 5.64. The van der Waals surface area contributed by atoms with Gasteiger partial charge in [0.2, 0.25) is 0 Å². The average Bonchev–Trinajstić information content (AvgIpc) is 2.53. The third-order valence-corrected chi connectivity index (χ3v) is 4.18. The van der Waals surface area contributed by atoms with Crippen LogP contribution in [0.2, 0.25) is 0 Å². The van der Waals surface area contributed by atoms with E-state index in [0.717, 1.165) is 17.5 Å². The highest BCUT2D eigenvalue weighted by Crippen LogP contribution is 2.37. The molecular formula is C14H24N2OS. The highest BCUT2D eigenvalue weighted by atomic mass is 32.1. The van der Waals surface area contributed by atoms with E-state index in [1.807, 2.05) is 0 Å². The molecule has 0 bridgehead atoms. The summed E-state index contributed by atoms with van der Waals surface area (Å²) >= 11 is 1.57. The van der Waals surface area contributed by atoms with E-state index in [1.165, 1.54) is 4.88 Å². The lowest BCUT2D eigenvalue weighted by Gasteiger charge is -2.15. The number of nitrogens with two attached hydrogens (primary N) is 1. The summed E-state index contributed by atoms with van der Waals surface area (Å²) in [6.07, 6.45) is 0.913. The van der Waals surface area contributed by atoms with Gasteiger partial charge >= 0.3 is 0 Å². The highest BCUT2D eigenvalue weighted by Gasteiger charge is 2.24. The zero-order chi connectivity index (χ0) is 14.0. The Morgan fingerprint density at radius 2 is 1.83 bits per heavy atom. The summed E-state index contributed by atoms with van der Waals surface area (Å²) in [7, 11) is 3.54. The third-order valence-electron chi connectivity index (χ3n) is 2.82. The number of thiophene rings is 1. The molecule has 0 aliphatic heterocycles. The fourth-order valence-electron chi connectivity index (χ4n) is 2.04. The fourth-order valence-corrected chi connectivity index (χ4v) is 3.13. The summed E-state index contributed by atoms with van der Waals surface area (Å²) in [5.74, 6) is 0.950. The van der Waals surface area contributed by atoms with E-state index in [2.05, 4.69) is 27.7 Å². The van der Waals surface area contributed by atoms with E-state index in [1.54, 1.807) is 30.3 Å². The van der Waals surface area contributed by atoms with Crippen LogP contribution in [0.3, 0.4) is 0 Å². The van der Waals surface area contributed by atoms with Gasteiger partial charge in [-0.2, -0.15) is 0 Å². The summed E-state index contributed by atoms with van der Waals surface area (Å²) < 4.78 is 0. The maximum absolute atomic E-state index is 12.3. The van der Waals surface area contributed by atoms with Crippen molar-refractivity contribution in [3.8, 4) is 0 Å². The summed E-state index contributed by atoms with van der Waals surface area (Å²) in [6.45, 7) is 8.64. The number of carbonyl (C=O) groups is 1. The molecule has 0 aromatic carbocycles. The monoisotopic (exact) mass is 268 g/mol. The van der Waals surface area contributed by atoms with Crippen LogP contribution < -0.4 is 5.73 Å². The predicted octanol–water partition coefficient (Wildman–Crippen LogP) is 3.35. The van der Waals surface area contributed by atoms with Crippen molar-refractivity contribution in [2.24, 2.45) is 5.92 Å². The van der Waals surface area contributed by atoms with Crippen molar-refractivity contribution < 1.29 is 4.79 Å². The molecule has 0 aliphatic rings. The first-order chi connectivity index (χ1) is 8.25. The molecule has 3 nitrogen and oxygen atoms in total. The molecule has 0 unspecified atom stereocenters. The van der Waals surface area contributed by atoms with Crippen molar-refractivity contribution >= 4 is 22.2 Å². The van der Waals surface area contributed by atoms with E-state index in [4.69, 9.17) is 5.73 Å². The number of hydrogen-bond donors (Lipinski definition) is 1. The van der Waals surface area contributed by atoms with Crippen LogP contribution in [-0.4, -0.2) is 24.9 Å². The van der Waals surface area contributed by atoms with E-state index < -0.39 is 0 Å². The lowest BCUT2D eigenvalue weighted by Crippen LogP contribution is -2.23.